The Morgan fingerprint density at radius 2 is 2.07 bits per heavy atom. The maximum absolute atomic E-state index is 12.9. The molecule has 3 aromatic rings. The van der Waals surface area contributed by atoms with E-state index in [9.17, 15) is 9.90 Å². The highest BCUT2D eigenvalue weighted by atomic mass is 16.3. The second kappa shape index (κ2) is 8.38. The summed E-state index contributed by atoms with van der Waals surface area (Å²) in [7, 11) is 0. The van der Waals surface area contributed by atoms with Crippen LogP contribution >= 0.6 is 0 Å². The Balaban J connectivity index is 1.59. The molecule has 7 heteroatoms. The van der Waals surface area contributed by atoms with Gasteiger partial charge in [-0.1, -0.05) is 32.0 Å². The number of anilines is 2. The number of aryl methyl sites for hydroxylation is 1. The number of pyridine rings is 2. The molecule has 1 aliphatic rings. The molecule has 7 nitrogen and oxygen atoms in total. The molecule has 156 valence electrons. The zero-order chi connectivity index (χ0) is 21.3. The largest absolute Gasteiger partial charge is 0.391 e. The number of nitrogens with zero attached hydrogens (tertiary/aromatic N) is 3. The van der Waals surface area contributed by atoms with Gasteiger partial charge >= 0.3 is 0 Å². The van der Waals surface area contributed by atoms with E-state index in [-0.39, 0.29) is 17.9 Å². The first-order chi connectivity index (χ1) is 14.5. The van der Waals surface area contributed by atoms with E-state index < -0.39 is 6.10 Å². The van der Waals surface area contributed by atoms with E-state index in [0.29, 0.717) is 24.5 Å². The first-order valence-electron chi connectivity index (χ1n) is 10.3. The number of carbonyl (C=O) groups excluding carboxylic acids is 1. The van der Waals surface area contributed by atoms with E-state index in [1.807, 2.05) is 31.2 Å². The van der Waals surface area contributed by atoms with Gasteiger partial charge in [-0.3, -0.25) is 9.78 Å². The first kappa shape index (κ1) is 20.3. The molecule has 0 saturated carbocycles. The van der Waals surface area contributed by atoms with Crippen LogP contribution in [0.3, 0.4) is 0 Å². The van der Waals surface area contributed by atoms with Gasteiger partial charge in [-0.2, -0.15) is 0 Å². The van der Waals surface area contributed by atoms with Crippen LogP contribution in [0.1, 0.15) is 29.9 Å². The number of carbonyl (C=O) groups is 1. The van der Waals surface area contributed by atoms with Crippen molar-refractivity contribution in [2.45, 2.75) is 32.4 Å². The average molecular weight is 406 g/mol. The van der Waals surface area contributed by atoms with Crippen molar-refractivity contribution in [3.05, 3.63) is 60.0 Å². The number of hydrogen-bond acceptors (Lipinski definition) is 6. The first-order valence-corrected chi connectivity index (χ1v) is 10.3. The van der Waals surface area contributed by atoms with Gasteiger partial charge in [0.05, 0.1) is 29.2 Å². The lowest BCUT2D eigenvalue weighted by molar-refractivity contribution is 0.0785. The normalized spacial score (nSPS) is 21.6. The zero-order valence-corrected chi connectivity index (χ0v) is 17.2. The second-order valence-corrected chi connectivity index (χ2v) is 7.96. The summed E-state index contributed by atoms with van der Waals surface area (Å²) in [6, 6.07) is 11.3. The molecule has 1 saturated heterocycles. The number of amides is 1. The number of nitrogens with two attached hydrogens (primary N) is 1. The van der Waals surface area contributed by atoms with Crippen LogP contribution in [0.2, 0.25) is 0 Å². The van der Waals surface area contributed by atoms with Gasteiger partial charge in [0.15, 0.2) is 0 Å². The highest BCUT2D eigenvalue weighted by molar-refractivity contribution is 6.05. The van der Waals surface area contributed by atoms with Crippen molar-refractivity contribution in [3.63, 3.8) is 0 Å². The summed E-state index contributed by atoms with van der Waals surface area (Å²) < 4.78 is 0. The lowest BCUT2D eigenvalue weighted by Gasteiger charge is -2.40. The average Bonchev–Trinajstić information content (AvgIpc) is 2.76. The van der Waals surface area contributed by atoms with Crippen molar-refractivity contribution < 1.29 is 9.90 Å². The number of benzene rings is 1. The number of rotatable bonds is 4. The third-order valence-electron chi connectivity index (χ3n) is 5.75. The van der Waals surface area contributed by atoms with Crippen molar-refractivity contribution >= 4 is 28.2 Å². The van der Waals surface area contributed by atoms with Gasteiger partial charge in [0.25, 0.3) is 5.91 Å². The van der Waals surface area contributed by atoms with Crippen LogP contribution in [-0.4, -0.2) is 46.2 Å². The Bertz CT molecular complexity index is 1060. The second-order valence-electron chi connectivity index (χ2n) is 7.96. The molecular formula is C23H27N5O2. The zero-order valence-electron chi connectivity index (χ0n) is 17.2. The maximum atomic E-state index is 12.9. The number of aliphatic hydroxyl groups excluding tert-OH is 1. The van der Waals surface area contributed by atoms with Crippen LogP contribution in [0.5, 0.6) is 0 Å². The molecule has 1 fully saturated rings. The van der Waals surface area contributed by atoms with Gasteiger partial charge in [0.2, 0.25) is 0 Å². The van der Waals surface area contributed by atoms with E-state index >= 15 is 0 Å². The summed E-state index contributed by atoms with van der Waals surface area (Å²) in [5.41, 5.74) is 9.88. The van der Waals surface area contributed by atoms with Crippen LogP contribution in [-0.2, 0) is 6.42 Å². The predicted octanol–water partition coefficient (Wildman–Crippen LogP) is 2.59. The van der Waals surface area contributed by atoms with Crippen molar-refractivity contribution in [2.75, 3.05) is 23.3 Å². The van der Waals surface area contributed by atoms with Crippen molar-refractivity contribution in [1.82, 2.24) is 9.97 Å². The van der Waals surface area contributed by atoms with Gasteiger partial charge < -0.3 is 21.1 Å². The third kappa shape index (κ3) is 3.99. The molecule has 1 amide bonds. The Morgan fingerprint density at radius 3 is 2.83 bits per heavy atom. The molecule has 3 unspecified atom stereocenters. The molecular weight excluding hydrogens is 378 g/mol. The molecule has 1 aliphatic heterocycles. The quantitative estimate of drug-likeness (QED) is 0.616. The van der Waals surface area contributed by atoms with Crippen LogP contribution < -0.4 is 16.0 Å². The minimum atomic E-state index is -0.532. The topological polar surface area (TPSA) is 104 Å². The third-order valence-corrected chi connectivity index (χ3v) is 5.75. The summed E-state index contributed by atoms with van der Waals surface area (Å²) >= 11 is 0. The maximum Gasteiger partial charge on any atom is 0.274 e. The molecule has 2 aromatic heterocycles. The minimum Gasteiger partial charge on any atom is -0.391 e. The van der Waals surface area contributed by atoms with Gasteiger partial charge in [-0.05, 0) is 30.2 Å². The monoisotopic (exact) mass is 405 g/mol. The smallest absolute Gasteiger partial charge is 0.274 e. The molecule has 0 spiro atoms. The lowest BCUT2D eigenvalue weighted by Crippen LogP contribution is -2.55. The molecule has 4 N–H and O–H groups in total. The fraction of sp³-hybridized carbons (Fsp3) is 0.348. The fourth-order valence-corrected chi connectivity index (χ4v) is 3.97. The fourth-order valence-electron chi connectivity index (χ4n) is 3.97. The Morgan fingerprint density at radius 1 is 1.27 bits per heavy atom. The number of piperidine rings is 1. The van der Waals surface area contributed by atoms with Gasteiger partial charge in [0, 0.05) is 36.6 Å². The van der Waals surface area contributed by atoms with E-state index in [1.54, 1.807) is 18.5 Å². The van der Waals surface area contributed by atoms with Gasteiger partial charge in [-0.25, -0.2) is 4.98 Å². The highest BCUT2D eigenvalue weighted by Crippen LogP contribution is 2.29. The van der Waals surface area contributed by atoms with Crippen molar-refractivity contribution in [1.29, 1.82) is 0 Å². The van der Waals surface area contributed by atoms with E-state index in [1.165, 1.54) is 5.56 Å². The summed E-state index contributed by atoms with van der Waals surface area (Å²) in [6.07, 6.45) is 3.70. The van der Waals surface area contributed by atoms with Crippen molar-refractivity contribution in [3.8, 4) is 0 Å². The molecule has 0 bridgehead atoms. The van der Waals surface area contributed by atoms with Gasteiger partial charge in [-0.15, -0.1) is 0 Å². The van der Waals surface area contributed by atoms with Crippen LogP contribution in [0, 0.1) is 5.92 Å². The summed E-state index contributed by atoms with van der Waals surface area (Å²) in [5, 5.41) is 14.1. The van der Waals surface area contributed by atoms with Crippen LogP contribution in [0.25, 0.3) is 10.9 Å². The summed E-state index contributed by atoms with van der Waals surface area (Å²) in [5.74, 6) is -0.261. The van der Waals surface area contributed by atoms with E-state index in [2.05, 4.69) is 33.2 Å². The molecule has 30 heavy (non-hydrogen) atoms. The van der Waals surface area contributed by atoms with Crippen molar-refractivity contribution in [2.24, 2.45) is 11.7 Å². The standard InChI is InChI=1S/C23H27N5O2/c1-3-15-4-5-16-6-7-18(26-19(16)10-15)23(30)27-20-11-25-9-8-21(20)28-12-14(2)22(29)17(24)13-28/h4-11,14,17,22,29H,3,12-13,24H2,1-2H3,(H,27,30). The molecule has 3 heterocycles. The lowest BCUT2D eigenvalue weighted by atomic mass is 9.92. The Kier molecular flexibility index (Phi) is 5.65. The summed E-state index contributed by atoms with van der Waals surface area (Å²) in [4.78, 5) is 23.8. The number of fused-ring (bicyclic) bond motifs is 1. The molecule has 0 aliphatic carbocycles. The number of hydrogen-bond donors (Lipinski definition) is 3. The minimum absolute atomic E-state index is 0.0281. The molecule has 0 radical (unpaired) electrons. The summed E-state index contributed by atoms with van der Waals surface area (Å²) in [6.45, 7) is 5.22. The number of aliphatic hydroxyl groups is 1. The van der Waals surface area contributed by atoms with E-state index in [4.69, 9.17) is 5.73 Å². The number of aromatic nitrogens is 2. The molecule has 4 rings (SSSR count). The van der Waals surface area contributed by atoms with Crippen LogP contribution in [0.4, 0.5) is 11.4 Å². The van der Waals surface area contributed by atoms with Crippen LogP contribution in [0.15, 0.2) is 48.8 Å². The van der Waals surface area contributed by atoms with E-state index in [0.717, 1.165) is 23.0 Å². The molecule has 1 aromatic carbocycles. The highest BCUT2D eigenvalue weighted by Gasteiger charge is 2.32. The SMILES string of the molecule is CCc1ccc2ccc(C(=O)Nc3cnccc3N3CC(C)C(O)C(N)C3)nc2c1. The predicted molar refractivity (Wildman–Crippen MR) is 119 cm³/mol. The van der Waals surface area contributed by atoms with Gasteiger partial charge in [0.1, 0.15) is 5.69 Å². The Hall–Kier alpha value is -3.03. The molecule has 3 atom stereocenters. The number of nitrogens with one attached hydrogen (secondary N) is 1. The Labute approximate surface area is 175 Å².